The van der Waals surface area contributed by atoms with Gasteiger partial charge in [-0.05, 0) is 13.0 Å². The van der Waals surface area contributed by atoms with E-state index >= 15 is 0 Å². The predicted molar refractivity (Wildman–Crippen MR) is 58.1 cm³/mol. The number of hydrogen-bond acceptors (Lipinski definition) is 4. The van der Waals surface area contributed by atoms with Crippen molar-refractivity contribution in [2.45, 2.75) is 13.5 Å². The van der Waals surface area contributed by atoms with Crippen molar-refractivity contribution >= 4 is 11.8 Å². The molecule has 1 aromatic rings. The second-order valence-electron chi connectivity index (χ2n) is 3.29. The summed E-state index contributed by atoms with van der Waals surface area (Å²) in [5.41, 5.74) is 0.300. The van der Waals surface area contributed by atoms with E-state index in [2.05, 4.69) is 4.74 Å². The molecule has 17 heavy (non-hydrogen) atoms. The van der Waals surface area contributed by atoms with Gasteiger partial charge in [0.05, 0.1) is 13.2 Å². The number of esters is 1. The number of hydrogen-bond donors (Lipinski definition) is 0. The maximum absolute atomic E-state index is 13.5. The average Bonchev–Trinajstić information content (AvgIpc) is 2.31. The van der Waals surface area contributed by atoms with Crippen LogP contribution in [0.3, 0.4) is 0 Å². The largest absolute Gasteiger partial charge is 0.460 e. The van der Waals surface area contributed by atoms with Crippen LogP contribution in [-0.4, -0.2) is 25.5 Å². The Morgan fingerprint density at radius 3 is 2.59 bits per heavy atom. The molecular weight excluding hydrogens is 227 g/mol. The summed E-state index contributed by atoms with van der Waals surface area (Å²) in [6, 6.07) is 3.79. The average molecular weight is 240 g/mol. The Morgan fingerprint density at radius 2 is 2.06 bits per heavy atom. The number of ether oxygens (including phenoxy) is 2. The number of halogens is 1. The van der Waals surface area contributed by atoms with E-state index in [1.807, 2.05) is 0 Å². The van der Waals surface area contributed by atoms with Crippen LogP contribution >= 0.6 is 0 Å². The molecule has 0 fully saturated rings. The quantitative estimate of drug-likeness (QED) is 0.446. The molecule has 0 aliphatic carbocycles. The van der Waals surface area contributed by atoms with Gasteiger partial charge < -0.3 is 9.47 Å². The Morgan fingerprint density at radius 1 is 1.35 bits per heavy atom. The maximum Gasteiger partial charge on any atom is 0.379 e. The number of carbonyl (C=O) groups excluding carboxylic acids is 2. The Balaban J connectivity index is 2.89. The first-order valence-electron chi connectivity index (χ1n) is 5.09. The van der Waals surface area contributed by atoms with E-state index in [0.29, 0.717) is 5.56 Å². The van der Waals surface area contributed by atoms with Crippen LogP contribution in [0.25, 0.3) is 0 Å². The van der Waals surface area contributed by atoms with Gasteiger partial charge in [-0.25, -0.2) is 9.18 Å². The monoisotopic (exact) mass is 240 g/mol. The summed E-state index contributed by atoms with van der Waals surface area (Å²) in [4.78, 5) is 22.6. The third-order valence-electron chi connectivity index (χ3n) is 2.08. The fourth-order valence-corrected chi connectivity index (χ4v) is 1.28. The van der Waals surface area contributed by atoms with E-state index in [-0.39, 0.29) is 18.8 Å². The number of Topliss-reactive ketones (excluding diaryl/α,β-unsaturated/α-hetero) is 1. The lowest BCUT2D eigenvalue weighted by atomic mass is 10.1. The highest BCUT2D eigenvalue weighted by molar-refractivity contribution is 6.40. The molecular formula is C12H13FO4. The van der Waals surface area contributed by atoms with Crippen LogP contribution in [0.4, 0.5) is 4.39 Å². The highest BCUT2D eigenvalue weighted by atomic mass is 19.1. The minimum atomic E-state index is -0.980. The van der Waals surface area contributed by atoms with Gasteiger partial charge >= 0.3 is 5.97 Å². The third-order valence-corrected chi connectivity index (χ3v) is 2.08. The van der Waals surface area contributed by atoms with Crippen molar-refractivity contribution in [1.82, 2.24) is 0 Å². The third kappa shape index (κ3) is 3.35. The summed E-state index contributed by atoms with van der Waals surface area (Å²) in [7, 11) is 1.44. The fourth-order valence-electron chi connectivity index (χ4n) is 1.28. The van der Waals surface area contributed by atoms with Crippen LogP contribution in [0.1, 0.15) is 22.8 Å². The number of ketones is 1. The molecule has 0 saturated carbocycles. The van der Waals surface area contributed by atoms with Gasteiger partial charge in [0.25, 0.3) is 5.78 Å². The SMILES string of the molecule is CCOC(=O)C(=O)c1ccc(COC)c(F)c1. The van der Waals surface area contributed by atoms with Gasteiger partial charge in [0.1, 0.15) is 5.82 Å². The van der Waals surface area contributed by atoms with Crippen molar-refractivity contribution in [3.63, 3.8) is 0 Å². The lowest BCUT2D eigenvalue weighted by Gasteiger charge is -2.04. The molecule has 0 N–H and O–H groups in total. The number of rotatable bonds is 5. The van der Waals surface area contributed by atoms with Gasteiger partial charge in [-0.2, -0.15) is 0 Å². The Labute approximate surface area is 98.3 Å². The second kappa shape index (κ2) is 6.10. The standard InChI is InChI=1S/C12H13FO4/c1-3-17-12(15)11(14)8-4-5-9(7-16-2)10(13)6-8/h4-6H,3,7H2,1-2H3. The second-order valence-corrected chi connectivity index (χ2v) is 3.29. The van der Waals surface area contributed by atoms with Gasteiger partial charge in [0.15, 0.2) is 0 Å². The highest BCUT2D eigenvalue weighted by Crippen LogP contribution is 2.12. The maximum atomic E-state index is 13.5. The lowest BCUT2D eigenvalue weighted by molar-refractivity contribution is -0.137. The molecule has 92 valence electrons. The normalized spacial score (nSPS) is 10.1. The van der Waals surface area contributed by atoms with Gasteiger partial charge in [0, 0.05) is 18.2 Å². The Hall–Kier alpha value is -1.75. The van der Waals surface area contributed by atoms with Crippen molar-refractivity contribution in [2.24, 2.45) is 0 Å². The van der Waals surface area contributed by atoms with Gasteiger partial charge in [-0.1, -0.05) is 12.1 Å². The van der Waals surface area contributed by atoms with E-state index in [0.717, 1.165) is 6.07 Å². The van der Waals surface area contributed by atoms with Crippen molar-refractivity contribution in [3.8, 4) is 0 Å². The van der Waals surface area contributed by atoms with Crippen LogP contribution in [-0.2, 0) is 20.9 Å². The summed E-state index contributed by atoms with van der Waals surface area (Å²) in [6.07, 6.45) is 0. The van der Waals surface area contributed by atoms with E-state index < -0.39 is 17.6 Å². The van der Waals surface area contributed by atoms with Crippen molar-refractivity contribution in [3.05, 3.63) is 35.1 Å². The summed E-state index contributed by atoms with van der Waals surface area (Å²) in [5, 5.41) is 0. The molecule has 0 saturated heterocycles. The van der Waals surface area contributed by atoms with Crippen LogP contribution < -0.4 is 0 Å². The van der Waals surface area contributed by atoms with E-state index in [9.17, 15) is 14.0 Å². The van der Waals surface area contributed by atoms with Gasteiger partial charge in [-0.3, -0.25) is 4.79 Å². The molecule has 0 aliphatic rings. The molecule has 0 radical (unpaired) electrons. The lowest BCUT2D eigenvalue weighted by Crippen LogP contribution is -2.17. The smallest absolute Gasteiger partial charge is 0.379 e. The molecule has 0 amide bonds. The van der Waals surface area contributed by atoms with Crippen LogP contribution in [0.2, 0.25) is 0 Å². The molecule has 0 bridgehead atoms. The zero-order valence-corrected chi connectivity index (χ0v) is 9.66. The fraction of sp³-hybridized carbons (Fsp3) is 0.333. The van der Waals surface area contributed by atoms with Crippen molar-refractivity contribution in [1.29, 1.82) is 0 Å². The van der Waals surface area contributed by atoms with Crippen molar-refractivity contribution < 1.29 is 23.5 Å². The summed E-state index contributed by atoms with van der Waals surface area (Å²) >= 11 is 0. The minimum Gasteiger partial charge on any atom is -0.460 e. The first kappa shape index (κ1) is 13.3. The summed E-state index contributed by atoms with van der Waals surface area (Å²) in [6.45, 7) is 1.81. The van der Waals surface area contributed by atoms with Crippen LogP contribution in [0.15, 0.2) is 18.2 Å². The molecule has 0 unspecified atom stereocenters. The molecule has 0 spiro atoms. The highest BCUT2D eigenvalue weighted by Gasteiger charge is 2.18. The molecule has 0 heterocycles. The molecule has 0 aromatic heterocycles. The zero-order chi connectivity index (χ0) is 12.8. The minimum absolute atomic E-state index is 0.0270. The van der Waals surface area contributed by atoms with E-state index in [4.69, 9.17) is 4.74 Å². The molecule has 1 aromatic carbocycles. The van der Waals surface area contributed by atoms with Gasteiger partial charge in [-0.15, -0.1) is 0 Å². The Kier molecular flexibility index (Phi) is 4.78. The topological polar surface area (TPSA) is 52.6 Å². The zero-order valence-electron chi connectivity index (χ0n) is 9.66. The first-order valence-corrected chi connectivity index (χ1v) is 5.09. The molecule has 0 atom stereocenters. The molecule has 4 nitrogen and oxygen atoms in total. The molecule has 1 rings (SSSR count). The number of methoxy groups -OCH3 is 1. The van der Waals surface area contributed by atoms with E-state index in [1.165, 1.54) is 19.2 Å². The Bertz CT molecular complexity index is 429. The molecule has 0 aliphatic heterocycles. The molecule has 5 heteroatoms. The number of benzene rings is 1. The van der Waals surface area contributed by atoms with Crippen LogP contribution in [0.5, 0.6) is 0 Å². The van der Waals surface area contributed by atoms with Gasteiger partial charge in [0.2, 0.25) is 0 Å². The number of carbonyl (C=O) groups is 2. The summed E-state index contributed by atoms with van der Waals surface area (Å²) < 4.78 is 22.8. The first-order chi connectivity index (χ1) is 8.10. The summed E-state index contributed by atoms with van der Waals surface area (Å²) in [5.74, 6) is -2.41. The van der Waals surface area contributed by atoms with Crippen molar-refractivity contribution in [2.75, 3.05) is 13.7 Å². The van der Waals surface area contributed by atoms with E-state index in [1.54, 1.807) is 6.92 Å². The predicted octanol–water partition coefficient (Wildman–Crippen LogP) is 1.72. The van der Waals surface area contributed by atoms with Crippen LogP contribution in [0, 0.1) is 5.82 Å².